The highest BCUT2D eigenvalue weighted by molar-refractivity contribution is 5.97. The van der Waals surface area contributed by atoms with Gasteiger partial charge in [-0.05, 0) is 36.2 Å². The van der Waals surface area contributed by atoms with Crippen LogP contribution >= 0.6 is 0 Å². The second-order valence-corrected chi connectivity index (χ2v) is 4.67. The summed E-state index contributed by atoms with van der Waals surface area (Å²) in [7, 11) is 1.81. The number of hydrogen-bond donors (Lipinski definition) is 0. The minimum Gasteiger partial charge on any atom is -0.453 e. The number of furan rings is 1. The Morgan fingerprint density at radius 3 is 2.84 bits per heavy atom. The molecule has 1 aliphatic rings. The first-order chi connectivity index (χ1) is 9.19. The van der Waals surface area contributed by atoms with Crippen molar-refractivity contribution in [3.8, 4) is 11.3 Å². The number of aldehydes is 1. The van der Waals surface area contributed by atoms with Crippen LogP contribution in [0.15, 0.2) is 34.7 Å². The van der Waals surface area contributed by atoms with Gasteiger partial charge in [-0.1, -0.05) is 6.07 Å². The summed E-state index contributed by atoms with van der Waals surface area (Å²) in [4.78, 5) is 24.3. The predicted octanol–water partition coefficient (Wildman–Crippen LogP) is 2.39. The molecule has 2 aromatic rings. The molecule has 0 bridgehead atoms. The van der Waals surface area contributed by atoms with Gasteiger partial charge in [-0.3, -0.25) is 9.59 Å². The number of hydrogen-bond acceptors (Lipinski definition) is 3. The maximum Gasteiger partial charge on any atom is 0.253 e. The first-order valence-electron chi connectivity index (χ1n) is 6.13. The summed E-state index contributed by atoms with van der Waals surface area (Å²) in [6, 6.07) is 9.05. The topological polar surface area (TPSA) is 50.5 Å². The first kappa shape index (κ1) is 11.7. The molecule has 1 aromatic heterocycles. The Balaban J connectivity index is 2.02. The lowest BCUT2D eigenvalue weighted by Crippen LogP contribution is -2.34. The van der Waals surface area contributed by atoms with Crippen LogP contribution < -0.4 is 0 Å². The van der Waals surface area contributed by atoms with E-state index in [1.807, 2.05) is 25.2 Å². The zero-order chi connectivity index (χ0) is 13.4. The van der Waals surface area contributed by atoms with Gasteiger partial charge < -0.3 is 9.32 Å². The molecule has 96 valence electrons. The number of likely N-dealkylation sites (N-methyl/N-ethyl adjacent to an activating group) is 1. The Morgan fingerprint density at radius 1 is 1.26 bits per heavy atom. The number of fused-ring (bicyclic) bond motifs is 1. The van der Waals surface area contributed by atoms with E-state index < -0.39 is 0 Å². The maximum atomic E-state index is 12.0. The lowest BCUT2D eigenvalue weighted by atomic mass is 9.96. The number of nitrogens with zero attached hydrogens (tertiary/aromatic N) is 1. The molecule has 4 heteroatoms. The van der Waals surface area contributed by atoms with Crippen LogP contribution in [0.5, 0.6) is 0 Å². The van der Waals surface area contributed by atoms with Crippen LogP contribution in [0, 0.1) is 0 Å². The van der Waals surface area contributed by atoms with Gasteiger partial charge in [0.25, 0.3) is 5.91 Å². The second-order valence-electron chi connectivity index (χ2n) is 4.67. The highest BCUT2D eigenvalue weighted by Gasteiger charge is 2.21. The van der Waals surface area contributed by atoms with Crippen LogP contribution in [0.1, 0.15) is 26.5 Å². The summed E-state index contributed by atoms with van der Waals surface area (Å²) in [6.07, 6.45) is 1.52. The van der Waals surface area contributed by atoms with Gasteiger partial charge in [0.05, 0.1) is 0 Å². The van der Waals surface area contributed by atoms with Crippen LogP contribution in [0.3, 0.4) is 0 Å². The van der Waals surface area contributed by atoms with Crippen molar-refractivity contribution < 1.29 is 14.0 Å². The molecule has 2 heterocycles. The average Bonchev–Trinajstić information content (AvgIpc) is 2.91. The Bertz CT molecular complexity index is 657. The zero-order valence-electron chi connectivity index (χ0n) is 10.6. The minimum absolute atomic E-state index is 0.0563. The lowest BCUT2D eigenvalue weighted by molar-refractivity contribution is 0.0781. The van der Waals surface area contributed by atoms with Gasteiger partial charge in [0.2, 0.25) is 0 Å². The number of amides is 1. The molecule has 1 aliphatic heterocycles. The summed E-state index contributed by atoms with van der Waals surface area (Å²) < 4.78 is 5.39. The molecule has 0 unspecified atom stereocenters. The lowest BCUT2D eigenvalue weighted by Gasteiger charge is -2.24. The largest absolute Gasteiger partial charge is 0.453 e. The summed E-state index contributed by atoms with van der Waals surface area (Å²) in [5.41, 5.74) is 2.67. The molecule has 0 saturated carbocycles. The van der Waals surface area contributed by atoms with E-state index >= 15 is 0 Å². The van der Waals surface area contributed by atoms with Crippen molar-refractivity contribution in [2.75, 3.05) is 13.6 Å². The maximum absolute atomic E-state index is 12.0. The SMILES string of the molecule is CN1CCc2cc(-c3ccc(C=O)o3)ccc2C1=O. The van der Waals surface area contributed by atoms with Gasteiger partial charge in [0.15, 0.2) is 12.0 Å². The van der Waals surface area contributed by atoms with Crippen LogP contribution in [0.2, 0.25) is 0 Å². The molecule has 0 fully saturated rings. The third kappa shape index (κ3) is 1.95. The van der Waals surface area contributed by atoms with Gasteiger partial charge in [-0.2, -0.15) is 0 Å². The van der Waals surface area contributed by atoms with Gasteiger partial charge in [-0.25, -0.2) is 0 Å². The Morgan fingerprint density at radius 2 is 2.11 bits per heavy atom. The standard InChI is InChI=1S/C15H13NO3/c1-16-7-6-10-8-11(2-4-13(10)15(16)18)14-5-3-12(9-17)19-14/h2-5,8-9H,6-7H2,1H3. The number of benzene rings is 1. The third-order valence-corrected chi connectivity index (χ3v) is 3.43. The van der Waals surface area contributed by atoms with Crippen molar-refractivity contribution in [3.63, 3.8) is 0 Å². The fourth-order valence-corrected chi connectivity index (χ4v) is 2.33. The van der Waals surface area contributed by atoms with Crippen molar-refractivity contribution in [1.82, 2.24) is 4.90 Å². The summed E-state index contributed by atoms with van der Waals surface area (Å²) >= 11 is 0. The van der Waals surface area contributed by atoms with E-state index in [9.17, 15) is 9.59 Å². The van der Waals surface area contributed by atoms with E-state index in [0.29, 0.717) is 17.8 Å². The summed E-state index contributed by atoms with van der Waals surface area (Å²) in [6.45, 7) is 0.729. The van der Waals surface area contributed by atoms with Gasteiger partial charge in [-0.15, -0.1) is 0 Å². The molecule has 0 atom stereocenters. The molecule has 1 aromatic carbocycles. The summed E-state index contributed by atoms with van der Waals surface area (Å²) in [5, 5.41) is 0. The van der Waals surface area contributed by atoms with Crippen molar-refractivity contribution in [3.05, 3.63) is 47.2 Å². The van der Waals surface area contributed by atoms with E-state index in [1.54, 1.807) is 17.0 Å². The predicted molar refractivity (Wildman–Crippen MR) is 70.2 cm³/mol. The molecule has 0 aliphatic carbocycles. The monoisotopic (exact) mass is 255 g/mol. The number of rotatable bonds is 2. The van der Waals surface area contributed by atoms with E-state index in [2.05, 4.69) is 0 Å². The fourth-order valence-electron chi connectivity index (χ4n) is 2.33. The first-order valence-corrected chi connectivity index (χ1v) is 6.13. The highest BCUT2D eigenvalue weighted by Crippen LogP contribution is 2.27. The van der Waals surface area contributed by atoms with E-state index in [-0.39, 0.29) is 5.91 Å². The molecule has 0 spiro atoms. The molecule has 4 nitrogen and oxygen atoms in total. The Kier molecular flexibility index (Phi) is 2.71. The average molecular weight is 255 g/mol. The molecule has 19 heavy (non-hydrogen) atoms. The second kappa shape index (κ2) is 4.39. The molecular formula is C15H13NO3. The third-order valence-electron chi connectivity index (χ3n) is 3.43. The van der Waals surface area contributed by atoms with E-state index in [4.69, 9.17) is 4.42 Å². The molecule has 0 radical (unpaired) electrons. The zero-order valence-corrected chi connectivity index (χ0v) is 10.6. The number of carbonyl (C=O) groups excluding carboxylic acids is 2. The quantitative estimate of drug-likeness (QED) is 0.774. The van der Waals surface area contributed by atoms with E-state index in [0.717, 1.165) is 29.7 Å². The number of carbonyl (C=O) groups is 2. The normalized spacial score (nSPS) is 14.4. The van der Waals surface area contributed by atoms with Crippen LogP contribution in [0.25, 0.3) is 11.3 Å². The van der Waals surface area contributed by atoms with Crippen molar-refractivity contribution in [2.24, 2.45) is 0 Å². The van der Waals surface area contributed by atoms with Crippen LogP contribution in [-0.4, -0.2) is 30.7 Å². The molecule has 1 amide bonds. The van der Waals surface area contributed by atoms with Gasteiger partial charge >= 0.3 is 0 Å². The minimum atomic E-state index is 0.0563. The van der Waals surface area contributed by atoms with E-state index in [1.165, 1.54) is 0 Å². The van der Waals surface area contributed by atoms with Crippen LogP contribution in [0.4, 0.5) is 0 Å². The van der Waals surface area contributed by atoms with Gasteiger partial charge in [0, 0.05) is 24.7 Å². The molecule has 0 N–H and O–H groups in total. The molecule has 3 rings (SSSR count). The Labute approximate surface area is 110 Å². The van der Waals surface area contributed by atoms with Crippen LogP contribution in [-0.2, 0) is 6.42 Å². The molecular weight excluding hydrogens is 242 g/mol. The fraction of sp³-hybridized carbons (Fsp3) is 0.200. The van der Waals surface area contributed by atoms with Crippen molar-refractivity contribution in [1.29, 1.82) is 0 Å². The summed E-state index contributed by atoms with van der Waals surface area (Å²) in [5.74, 6) is 1.01. The molecule has 0 saturated heterocycles. The van der Waals surface area contributed by atoms with Gasteiger partial charge in [0.1, 0.15) is 5.76 Å². The van der Waals surface area contributed by atoms with Crippen molar-refractivity contribution >= 4 is 12.2 Å². The smallest absolute Gasteiger partial charge is 0.253 e. The van der Waals surface area contributed by atoms with Crippen molar-refractivity contribution in [2.45, 2.75) is 6.42 Å². The highest BCUT2D eigenvalue weighted by atomic mass is 16.3. The Hall–Kier alpha value is -2.36.